The smallest absolute Gasteiger partial charge is 0.243 e. The second-order valence-corrected chi connectivity index (χ2v) is 10.2. The van der Waals surface area contributed by atoms with Crippen molar-refractivity contribution in [2.45, 2.75) is 37.6 Å². The van der Waals surface area contributed by atoms with Crippen LogP contribution in [0.3, 0.4) is 0 Å². The molecule has 31 heavy (non-hydrogen) atoms. The molecule has 2 aromatic carbocycles. The molecule has 1 fully saturated rings. The Hall–Kier alpha value is -2.09. The molecule has 1 N–H and O–H groups in total. The van der Waals surface area contributed by atoms with E-state index < -0.39 is 16.1 Å². The first-order chi connectivity index (χ1) is 14.8. The molecule has 1 saturated heterocycles. The van der Waals surface area contributed by atoms with Crippen LogP contribution in [-0.4, -0.2) is 46.4 Å². The van der Waals surface area contributed by atoms with Gasteiger partial charge in [0.1, 0.15) is 6.04 Å². The lowest BCUT2D eigenvalue weighted by atomic mass is 9.74. The Morgan fingerprint density at radius 3 is 2.29 bits per heavy atom. The molecular formula is C23H29ClN2O4S. The van der Waals surface area contributed by atoms with Crippen LogP contribution in [0.5, 0.6) is 0 Å². The number of nitrogens with one attached hydrogen (secondary N) is 1. The van der Waals surface area contributed by atoms with Gasteiger partial charge in [0.15, 0.2) is 0 Å². The van der Waals surface area contributed by atoms with Gasteiger partial charge in [-0.15, -0.1) is 0 Å². The third-order valence-corrected chi connectivity index (χ3v) is 7.28. The summed E-state index contributed by atoms with van der Waals surface area (Å²) in [5.41, 5.74) is 1.34. The predicted molar refractivity (Wildman–Crippen MR) is 124 cm³/mol. The molecular weight excluding hydrogens is 436 g/mol. The van der Waals surface area contributed by atoms with E-state index in [9.17, 15) is 13.2 Å². The molecule has 1 atom stereocenters. The number of nitrogens with zero attached hydrogens (tertiary/aromatic N) is 1. The highest BCUT2D eigenvalue weighted by molar-refractivity contribution is 7.92. The number of halogens is 1. The number of rotatable bonds is 8. The Balaban J connectivity index is 1.84. The van der Waals surface area contributed by atoms with Crippen LogP contribution in [0.2, 0.25) is 5.02 Å². The quantitative estimate of drug-likeness (QED) is 0.645. The lowest BCUT2D eigenvalue weighted by Crippen LogP contribution is -2.52. The van der Waals surface area contributed by atoms with E-state index in [0.717, 1.165) is 24.7 Å². The van der Waals surface area contributed by atoms with Crippen molar-refractivity contribution in [2.75, 3.05) is 30.3 Å². The number of ether oxygens (including phenoxy) is 1. The molecule has 1 aliphatic rings. The van der Waals surface area contributed by atoms with E-state index in [0.29, 0.717) is 36.9 Å². The second kappa shape index (κ2) is 10.0. The van der Waals surface area contributed by atoms with Gasteiger partial charge in [-0.1, -0.05) is 48.9 Å². The van der Waals surface area contributed by atoms with Crippen LogP contribution >= 0.6 is 11.6 Å². The Morgan fingerprint density at radius 2 is 1.74 bits per heavy atom. The zero-order valence-electron chi connectivity index (χ0n) is 17.9. The van der Waals surface area contributed by atoms with Crippen molar-refractivity contribution in [1.82, 2.24) is 5.32 Å². The fraction of sp³-hybridized carbons (Fsp3) is 0.435. The van der Waals surface area contributed by atoms with Gasteiger partial charge < -0.3 is 10.1 Å². The number of amides is 1. The fourth-order valence-electron chi connectivity index (χ4n) is 4.14. The Morgan fingerprint density at radius 1 is 1.13 bits per heavy atom. The number of carbonyl (C=O) groups is 1. The molecule has 0 aliphatic carbocycles. The molecule has 0 unspecified atom stereocenters. The minimum absolute atomic E-state index is 0.232. The number of hydrogen-bond donors (Lipinski definition) is 1. The summed E-state index contributed by atoms with van der Waals surface area (Å²) in [6.07, 6.45) is 3.03. The van der Waals surface area contributed by atoms with Gasteiger partial charge in [0, 0.05) is 30.2 Å². The zero-order chi connectivity index (χ0) is 22.5. The summed E-state index contributed by atoms with van der Waals surface area (Å²) in [5, 5.41) is 3.55. The number of sulfonamides is 1. The van der Waals surface area contributed by atoms with E-state index in [1.54, 1.807) is 31.2 Å². The van der Waals surface area contributed by atoms with Crippen LogP contribution in [0.4, 0.5) is 5.69 Å². The highest BCUT2D eigenvalue weighted by atomic mass is 35.5. The van der Waals surface area contributed by atoms with E-state index in [4.69, 9.17) is 16.3 Å². The zero-order valence-corrected chi connectivity index (χ0v) is 19.5. The molecule has 168 valence electrons. The molecule has 1 aliphatic heterocycles. The third-order valence-electron chi connectivity index (χ3n) is 5.85. The molecule has 8 heteroatoms. The first-order valence-corrected chi connectivity index (χ1v) is 12.7. The standard InChI is InChI=1S/C23H29ClN2O4S/c1-3-21(26(31(2,28)29)20-11-9-19(24)10-12-20)22(27)25-17-23(13-15-30-16-14-23)18-7-5-4-6-8-18/h4-12,21H,3,13-17H2,1-2H3,(H,25,27)/t21-/m0/s1. The SMILES string of the molecule is CC[C@@H](C(=O)NCC1(c2ccccc2)CCOCC1)N(c1ccc(Cl)cc1)S(C)(=O)=O. The second-order valence-electron chi connectivity index (χ2n) is 7.94. The maximum Gasteiger partial charge on any atom is 0.243 e. The lowest BCUT2D eigenvalue weighted by molar-refractivity contribution is -0.122. The maximum absolute atomic E-state index is 13.2. The van der Waals surface area contributed by atoms with E-state index in [-0.39, 0.29) is 11.3 Å². The van der Waals surface area contributed by atoms with Gasteiger partial charge in [0.25, 0.3) is 0 Å². The third kappa shape index (κ3) is 5.59. The van der Waals surface area contributed by atoms with Crippen molar-refractivity contribution in [1.29, 1.82) is 0 Å². The topological polar surface area (TPSA) is 75.7 Å². The highest BCUT2D eigenvalue weighted by Gasteiger charge is 2.37. The molecule has 2 aromatic rings. The number of benzene rings is 2. The molecule has 1 amide bonds. The summed E-state index contributed by atoms with van der Waals surface area (Å²) >= 11 is 5.96. The Bertz CT molecular complexity index is 974. The van der Waals surface area contributed by atoms with Gasteiger partial charge in [-0.25, -0.2) is 8.42 Å². The van der Waals surface area contributed by atoms with Crippen LogP contribution in [0.15, 0.2) is 54.6 Å². The van der Waals surface area contributed by atoms with Gasteiger partial charge >= 0.3 is 0 Å². The molecule has 0 spiro atoms. The maximum atomic E-state index is 13.2. The molecule has 3 rings (SSSR count). The molecule has 1 heterocycles. The first kappa shape index (κ1) is 23.6. The highest BCUT2D eigenvalue weighted by Crippen LogP contribution is 2.34. The van der Waals surface area contributed by atoms with Crippen molar-refractivity contribution in [2.24, 2.45) is 0 Å². The summed E-state index contributed by atoms with van der Waals surface area (Å²) in [4.78, 5) is 13.2. The van der Waals surface area contributed by atoms with Crippen molar-refractivity contribution in [3.8, 4) is 0 Å². The first-order valence-electron chi connectivity index (χ1n) is 10.4. The average Bonchev–Trinajstić information content (AvgIpc) is 2.77. The van der Waals surface area contributed by atoms with Crippen LogP contribution in [-0.2, 0) is 25.0 Å². The molecule has 0 bridgehead atoms. The van der Waals surface area contributed by atoms with Crippen molar-refractivity contribution >= 4 is 33.2 Å². The van der Waals surface area contributed by atoms with Crippen LogP contribution in [0, 0.1) is 0 Å². The van der Waals surface area contributed by atoms with E-state index >= 15 is 0 Å². The number of anilines is 1. The average molecular weight is 465 g/mol. The number of hydrogen-bond acceptors (Lipinski definition) is 4. The van der Waals surface area contributed by atoms with Crippen molar-refractivity contribution in [3.05, 3.63) is 65.2 Å². The fourth-order valence-corrected chi connectivity index (χ4v) is 5.48. The van der Waals surface area contributed by atoms with E-state index in [1.165, 1.54) is 4.31 Å². The summed E-state index contributed by atoms with van der Waals surface area (Å²) in [6, 6.07) is 15.7. The predicted octanol–water partition coefficient (Wildman–Crippen LogP) is 3.75. The van der Waals surface area contributed by atoms with E-state index in [1.807, 2.05) is 18.2 Å². The molecule has 0 radical (unpaired) electrons. The summed E-state index contributed by atoms with van der Waals surface area (Å²) < 4.78 is 32.0. The lowest BCUT2D eigenvalue weighted by Gasteiger charge is -2.39. The molecule has 6 nitrogen and oxygen atoms in total. The van der Waals surface area contributed by atoms with E-state index in [2.05, 4.69) is 17.4 Å². The van der Waals surface area contributed by atoms with Crippen LogP contribution < -0.4 is 9.62 Å². The van der Waals surface area contributed by atoms with Gasteiger partial charge in [-0.05, 0) is 49.1 Å². The largest absolute Gasteiger partial charge is 0.381 e. The molecule has 0 aromatic heterocycles. The summed E-state index contributed by atoms with van der Waals surface area (Å²) in [6.45, 7) is 3.48. The minimum atomic E-state index is -3.69. The van der Waals surface area contributed by atoms with Gasteiger partial charge in [-0.3, -0.25) is 9.10 Å². The normalized spacial score (nSPS) is 17.0. The van der Waals surface area contributed by atoms with Crippen LogP contribution in [0.25, 0.3) is 0 Å². The molecule has 0 saturated carbocycles. The minimum Gasteiger partial charge on any atom is -0.381 e. The van der Waals surface area contributed by atoms with Crippen molar-refractivity contribution < 1.29 is 17.9 Å². The van der Waals surface area contributed by atoms with Gasteiger partial charge in [-0.2, -0.15) is 0 Å². The summed E-state index contributed by atoms with van der Waals surface area (Å²) in [5.74, 6) is -0.315. The Labute approximate surface area is 189 Å². The van der Waals surface area contributed by atoms with Crippen LogP contribution in [0.1, 0.15) is 31.7 Å². The Kier molecular flexibility index (Phi) is 7.62. The number of carbonyl (C=O) groups excluding carboxylic acids is 1. The van der Waals surface area contributed by atoms with Gasteiger partial charge in [0.2, 0.25) is 15.9 Å². The van der Waals surface area contributed by atoms with Gasteiger partial charge in [0.05, 0.1) is 11.9 Å². The van der Waals surface area contributed by atoms with Crippen molar-refractivity contribution in [3.63, 3.8) is 0 Å². The monoisotopic (exact) mass is 464 g/mol. The summed E-state index contributed by atoms with van der Waals surface area (Å²) in [7, 11) is -3.69.